The van der Waals surface area contributed by atoms with Gasteiger partial charge in [0.25, 0.3) is 0 Å². The van der Waals surface area contributed by atoms with E-state index in [1.165, 1.54) is 4.90 Å². The lowest BCUT2D eigenvalue weighted by molar-refractivity contribution is -0.145. The molecule has 0 aliphatic carbocycles. The highest BCUT2D eigenvalue weighted by Gasteiger charge is 2.39. The summed E-state index contributed by atoms with van der Waals surface area (Å²) in [5, 5.41) is 26.8. The number of aliphatic hydroxyl groups is 1. The molecule has 1 fully saturated rings. The number of carbonyl (C=O) groups is 5. The largest absolute Gasteiger partial charge is 0.480 e. The van der Waals surface area contributed by atoms with Gasteiger partial charge in [0.2, 0.25) is 23.6 Å². The molecule has 1 aromatic rings. The Kier molecular flexibility index (Phi) is 11.5. The van der Waals surface area contributed by atoms with Gasteiger partial charge in [0, 0.05) is 13.0 Å². The predicted octanol–water partition coefficient (Wildman–Crippen LogP) is -1.24. The number of carboxylic acids is 1. The first-order valence-electron chi connectivity index (χ1n) is 12.4. The van der Waals surface area contributed by atoms with E-state index in [1.807, 2.05) is 19.9 Å². The molecule has 7 N–H and O–H groups in total. The van der Waals surface area contributed by atoms with Gasteiger partial charge in [0.15, 0.2) is 0 Å². The second kappa shape index (κ2) is 14.3. The summed E-state index contributed by atoms with van der Waals surface area (Å²) in [4.78, 5) is 63.9. The smallest absolute Gasteiger partial charge is 0.326 e. The van der Waals surface area contributed by atoms with E-state index in [4.69, 9.17) is 5.73 Å². The lowest BCUT2D eigenvalue weighted by Crippen LogP contribution is -2.59. The Hall–Kier alpha value is -3.51. The molecule has 1 aromatic carbocycles. The summed E-state index contributed by atoms with van der Waals surface area (Å²) in [6, 6.07) is 4.49. The molecule has 1 saturated heterocycles. The second-order valence-electron chi connectivity index (χ2n) is 9.48. The molecule has 2 rings (SSSR count). The zero-order valence-corrected chi connectivity index (χ0v) is 21.2. The molecule has 0 spiro atoms. The molecule has 37 heavy (non-hydrogen) atoms. The highest BCUT2D eigenvalue weighted by Crippen LogP contribution is 2.19. The summed E-state index contributed by atoms with van der Waals surface area (Å²) in [6.45, 7) is 2.82. The Morgan fingerprint density at radius 3 is 2.27 bits per heavy atom. The topological polar surface area (TPSA) is 191 Å². The van der Waals surface area contributed by atoms with Gasteiger partial charge < -0.3 is 36.8 Å². The van der Waals surface area contributed by atoms with Crippen LogP contribution >= 0.6 is 0 Å². The van der Waals surface area contributed by atoms with Crippen molar-refractivity contribution in [1.82, 2.24) is 20.9 Å². The number of benzene rings is 1. The van der Waals surface area contributed by atoms with Crippen LogP contribution < -0.4 is 21.7 Å². The Labute approximate surface area is 216 Å². The first-order valence-corrected chi connectivity index (χ1v) is 12.4. The van der Waals surface area contributed by atoms with Gasteiger partial charge in [0.05, 0.1) is 13.2 Å². The number of amides is 4. The number of hydrogen-bond donors (Lipinski definition) is 6. The number of nitrogens with two attached hydrogens (primary N) is 1. The van der Waals surface area contributed by atoms with Gasteiger partial charge >= 0.3 is 5.97 Å². The number of likely N-dealkylation sites (tertiary alicyclic amines) is 1. The SMILES string of the molecule is CC(C)C[C@H](NC(=O)[C@@H]1CCCN1C(=O)[C@H](CO)NC(=O)[C@H](Cc1ccccc1)NC(=O)CN)C(=O)O. The summed E-state index contributed by atoms with van der Waals surface area (Å²) < 4.78 is 0. The molecule has 1 heterocycles. The van der Waals surface area contributed by atoms with E-state index in [2.05, 4.69) is 16.0 Å². The van der Waals surface area contributed by atoms with Crippen LogP contribution in [0.3, 0.4) is 0 Å². The Bertz CT molecular complexity index is 956. The van der Waals surface area contributed by atoms with Crippen molar-refractivity contribution in [3.05, 3.63) is 35.9 Å². The highest BCUT2D eigenvalue weighted by atomic mass is 16.4. The van der Waals surface area contributed by atoms with Crippen molar-refractivity contribution in [2.45, 2.75) is 63.7 Å². The van der Waals surface area contributed by atoms with Crippen molar-refractivity contribution in [3.8, 4) is 0 Å². The molecule has 0 saturated carbocycles. The number of hydrogen-bond acceptors (Lipinski definition) is 7. The van der Waals surface area contributed by atoms with Crippen LogP contribution in [0.1, 0.15) is 38.7 Å². The van der Waals surface area contributed by atoms with Crippen LogP contribution in [0.2, 0.25) is 0 Å². The lowest BCUT2D eigenvalue weighted by atomic mass is 10.0. The van der Waals surface area contributed by atoms with Crippen molar-refractivity contribution >= 4 is 29.6 Å². The number of aliphatic carboxylic acids is 1. The number of aliphatic hydroxyl groups excluding tert-OH is 1. The molecular formula is C25H37N5O7. The van der Waals surface area contributed by atoms with Crippen LogP contribution in [0.25, 0.3) is 0 Å². The van der Waals surface area contributed by atoms with Crippen molar-refractivity contribution in [3.63, 3.8) is 0 Å². The van der Waals surface area contributed by atoms with E-state index in [0.29, 0.717) is 12.8 Å². The predicted molar refractivity (Wildman–Crippen MR) is 134 cm³/mol. The zero-order chi connectivity index (χ0) is 27.5. The molecule has 0 aromatic heterocycles. The van der Waals surface area contributed by atoms with E-state index in [-0.39, 0.29) is 31.8 Å². The third-order valence-electron chi connectivity index (χ3n) is 6.08. The molecule has 1 aliphatic heterocycles. The first kappa shape index (κ1) is 29.7. The van der Waals surface area contributed by atoms with Gasteiger partial charge in [-0.2, -0.15) is 0 Å². The Balaban J connectivity index is 2.12. The lowest BCUT2D eigenvalue weighted by Gasteiger charge is -2.29. The fourth-order valence-corrected chi connectivity index (χ4v) is 4.23. The highest BCUT2D eigenvalue weighted by molar-refractivity contribution is 5.95. The number of nitrogens with zero attached hydrogens (tertiary/aromatic N) is 1. The summed E-state index contributed by atoms with van der Waals surface area (Å²) >= 11 is 0. The maximum Gasteiger partial charge on any atom is 0.326 e. The monoisotopic (exact) mass is 519 g/mol. The minimum Gasteiger partial charge on any atom is -0.480 e. The molecule has 0 radical (unpaired) electrons. The third-order valence-corrected chi connectivity index (χ3v) is 6.08. The fraction of sp³-hybridized carbons (Fsp3) is 0.560. The minimum absolute atomic E-state index is 0.0280. The summed E-state index contributed by atoms with van der Waals surface area (Å²) in [7, 11) is 0. The average Bonchev–Trinajstić information content (AvgIpc) is 3.36. The van der Waals surface area contributed by atoms with Gasteiger partial charge in [-0.1, -0.05) is 44.2 Å². The second-order valence-corrected chi connectivity index (χ2v) is 9.48. The van der Waals surface area contributed by atoms with Crippen LogP contribution in [0.15, 0.2) is 30.3 Å². The Morgan fingerprint density at radius 2 is 1.70 bits per heavy atom. The molecule has 12 heteroatoms. The molecule has 4 atom stereocenters. The molecule has 0 bridgehead atoms. The van der Waals surface area contributed by atoms with Gasteiger partial charge in [-0.25, -0.2) is 4.79 Å². The molecule has 204 valence electrons. The van der Waals surface area contributed by atoms with Gasteiger partial charge in [-0.3, -0.25) is 19.2 Å². The number of carbonyl (C=O) groups excluding carboxylic acids is 4. The third kappa shape index (κ3) is 8.83. The quantitative estimate of drug-likeness (QED) is 0.186. The minimum atomic E-state index is -1.36. The van der Waals surface area contributed by atoms with E-state index >= 15 is 0 Å². The van der Waals surface area contributed by atoms with E-state index < -0.39 is 60.4 Å². The fourth-order valence-electron chi connectivity index (χ4n) is 4.23. The normalized spacial score (nSPS) is 17.5. The van der Waals surface area contributed by atoms with Gasteiger partial charge in [0.1, 0.15) is 24.2 Å². The molecule has 4 amide bonds. The van der Waals surface area contributed by atoms with Crippen molar-refractivity contribution < 1.29 is 34.2 Å². The van der Waals surface area contributed by atoms with E-state index in [0.717, 1.165) is 5.56 Å². The van der Waals surface area contributed by atoms with Gasteiger partial charge in [-0.15, -0.1) is 0 Å². The maximum atomic E-state index is 13.2. The summed E-state index contributed by atoms with van der Waals surface area (Å²) in [5.74, 6) is -3.66. The molecule has 12 nitrogen and oxygen atoms in total. The van der Waals surface area contributed by atoms with Crippen LogP contribution in [0.4, 0.5) is 0 Å². The van der Waals surface area contributed by atoms with Crippen LogP contribution in [0.5, 0.6) is 0 Å². The van der Waals surface area contributed by atoms with E-state index in [1.54, 1.807) is 24.3 Å². The standard InChI is InChI=1S/C25H37N5O7/c1-15(2)11-18(25(36)37)28-23(34)20-9-6-10-30(20)24(35)19(14-31)29-22(33)17(27-21(32)13-26)12-16-7-4-3-5-8-16/h3-5,7-8,15,17-20,31H,6,9-14,26H2,1-2H3,(H,27,32)(H,28,34)(H,29,33)(H,36,37)/t17-,18-,19-,20-/m0/s1. The van der Waals surface area contributed by atoms with Crippen LogP contribution in [-0.4, -0.2) is 88.6 Å². The van der Waals surface area contributed by atoms with Crippen LogP contribution in [0, 0.1) is 5.92 Å². The molecule has 1 aliphatic rings. The average molecular weight is 520 g/mol. The first-order chi connectivity index (χ1) is 17.6. The summed E-state index contributed by atoms with van der Waals surface area (Å²) in [5.41, 5.74) is 6.14. The number of nitrogens with one attached hydrogen (secondary N) is 3. The number of carboxylic acid groups (broad SMARTS) is 1. The summed E-state index contributed by atoms with van der Waals surface area (Å²) in [6.07, 6.45) is 1.18. The zero-order valence-electron chi connectivity index (χ0n) is 21.2. The van der Waals surface area contributed by atoms with Crippen molar-refractivity contribution in [2.75, 3.05) is 19.7 Å². The van der Waals surface area contributed by atoms with Crippen molar-refractivity contribution in [2.24, 2.45) is 11.7 Å². The van der Waals surface area contributed by atoms with Crippen LogP contribution in [-0.2, 0) is 30.4 Å². The number of rotatable bonds is 13. The van der Waals surface area contributed by atoms with E-state index in [9.17, 15) is 34.2 Å². The molecular weight excluding hydrogens is 482 g/mol. The maximum absolute atomic E-state index is 13.2. The molecule has 0 unspecified atom stereocenters. The van der Waals surface area contributed by atoms with Crippen molar-refractivity contribution in [1.29, 1.82) is 0 Å². The van der Waals surface area contributed by atoms with Gasteiger partial charge in [-0.05, 0) is 30.7 Å². The Morgan fingerprint density at radius 1 is 1.03 bits per heavy atom.